The average molecular weight is 274 g/mol. The Labute approximate surface area is 104 Å². The van der Waals surface area contributed by atoms with E-state index in [0.29, 0.717) is 19.6 Å². The van der Waals surface area contributed by atoms with E-state index in [1.54, 1.807) is 0 Å². The van der Waals surface area contributed by atoms with Crippen LogP contribution in [0.25, 0.3) is 0 Å². The SMILES string of the molecule is CS(=O)(=O)N1CCC(Cn2cc([N+](=O)[O-])cn2)C1. The summed E-state index contributed by atoms with van der Waals surface area (Å²) in [5, 5.41) is 14.4. The zero-order chi connectivity index (χ0) is 13.3. The number of rotatable bonds is 4. The van der Waals surface area contributed by atoms with Gasteiger partial charge in [-0.05, 0) is 12.3 Å². The van der Waals surface area contributed by atoms with E-state index in [-0.39, 0.29) is 11.6 Å². The van der Waals surface area contributed by atoms with Crippen molar-refractivity contribution >= 4 is 15.7 Å². The van der Waals surface area contributed by atoms with Crippen molar-refractivity contribution < 1.29 is 13.3 Å². The molecule has 1 atom stereocenters. The molecule has 18 heavy (non-hydrogen) atoms. The Kier molecular flexibility index (Phi) is 3.35. The molecule has 1 aromatic heterocycles. The van der Waals surface area contributed by atoms with Crippen molar-refractivity contribution in [3.05, 3.63) is 22.5 Å². The van der Waals surface area contributed by atoms with Crippen LogP contribution in [0.3, 0.4) is 0 Å². The minimum absolute atomic E-state index is 0.0482. The van der Waals surface area contributed by atoms with Crippen LogP contribution >= 0.6 is 0 Å². The highest BCUT2D eigenvalue weighted by atomic mass is 32.2. The summed E-state index contributed by atoms with van der Waals surface area (Å²) in [5.41, 5.74) is -0.0482. The first-order valence-electron chi connectivity index (χ1n) is 5.48. The number of nitro groups is 1. The van der Waals surface area contributed by atoms with E-state index < -0.39 is 14.9 Å². The maximum absolute atomic E-state index is 11.3. The molecule has 1 aromatic rings. The van der Waals surface area contributed by atoms with Gasteiger partial charge in [0.2, 0.25) is 10.0 Å². The van der Waals surface area contributed by atoms with Crippen LogP contribution in [0.5, 0.6) is 0 Å². The summed E-state index contributed by atoms with van der Waals surface area (Å²) in [5.74, 6) is 0.152. The van der Waals surface area contributed by atoms with Crippen molar-refractivity contribution in [2.45, 2.75) is 13.0 Å². The zero-order valence-corrected chi connectivity index (χ0v) is 10.7. The third kappa shape index (κ3) is 2.85. The molecule has 0 aromatic carbocycles. The number of hydrogen-bond donors (Lipinski definition) is 0. The van der Waals surface area contributed by atoms with Crippen molar-refractivity contribution in [2.24, 2.45) is 5.92 Å². The third-order valence-electron chi connectivity index (χ3n) is 2.99. The lowest BCUT2D eigenvalue weighted by atomic mass is 10.1. The Morgan fingerprint density at radius 3 is 2.83 bits per heavy atom. The predicted octanol–water partition coefficient (Wildman–Crippen LogP) is 0.0728. The number of aromatic nitrogens is 2. The highest BCUT2D eigenvalue weighted by molar-refractivity contribution is 7.88. The molecule has 0 amide bonds. The van der Waals surface area contributed by atoms with Gasteiger partial charge in [-0.25, -0.2) is 12.7 Å². The molecule has 2 heterocycles. The van der Waals surface area contributed by atoms with E-state index in [4.69, 9.17) is 0 Å². The lowest BCUT2D eigenvalue weighted by molar-refractivity contribution is -0.385. The van der Waals surface area contributed by atoms with Crippen LogP contribution < -0.4 is 0 Å². The van der Waals surface area contributed by atoms with Gasteiger partial charge in [0.1, 0.15) is 12.4 Å². The molecule has 0 N–H and O–H groups in total. The maximum Gasteiger partial charge on any atom is 0.306 e. The molecule has 2 rings (SSSR count). The van der Waals surface area contributed by atoms with Gasteiger partial charge in [-0.15, -0.1) is 0 Å². The second-order valence-electron chi connectivity index (χ2n) is 4.45. The molecule has 1 aliphatic rings. The van der Waals surface area contributed by atoms with Gasteiger partial charge in [0.05, 0.1) is 11.2 Å². The fourth-order valence-corrected chi connectivity index (χ4v) is 2.98. The summed E-state index contributed by atoms with van der Waals surface area (Å²) in [6, 6.07) is 0. The molecule has 100 valence electrons. The smallest absolute Gasteiger partial charge is 0.265 e. The van der Waals surface area contributed by atoms with E-state index in [0.717, 1.165) is 6.42 Å². The van der Waals surface area contributed by atoms with Crippen LogP contribution in [0.2, 0.25) is 0 Å². The summed E-state index contributed by atoms with van der Waals surface area (Å²) < 4.78 is 25.6. The Balaban J connectivity index is 1.97. The fourth-order valence-electron chi connectivity index (χ4n) is 2.06. The fraction of sp³-hybridized carbons (Fsp3) is 0.667. The minimum atomic E-state index is -3.14. The van der Waals surface area contributed by atoms with Gasteiger partial charge >= 0.3 is 5.69 Å². The van der Waals surface area contributed by atoms with E-state index >= 15 is 0 Å². The Bertz CT molecular complexity index is 553. The van der Waals surface area contributed by atoms with Crippen molar-refractivity contribution in [3.63, 3.8) is 0 Å². The topological polar surface area (TPSA) is 98.3 Å². The second kappa shape index (κ2) is 4.65. The summed E-state index contributed by atoms with van der Waals surface area (Å²) >= 11 is 0. The number of sulfonamides is 1. The molecule has 0 radical (unpaired) electrons. The lowest BCUT2D eigenvalue weighted by Gasteiger charge is -2.13. The Morgan fingerprint density at radius 2 is 2.33 bits per heavy atom. The molecule has 0 bridgehead atoms. The van der Waals surface area contributed by atoms with Crippen LogP contribution in [0, 0.1) is 16.0 Å². The zero-order valence-electron chi connectivity index (χ0n) is 9.89. The Morgan fingerprint density at radius 1 is 1.61 bits per heavy atom. The molecule has 1 unspecified atom stereocenters. The first-order chi connectivity index (χ1) is 8.36. The summed E-state index contributed by atoms with van der Waals surface area (Å²) in [7, 11) is -3.14. The van der Waals surface area contributed by atoms with Gasteiger partial charge in [0, 0.05) is 19.6 Å². The van der Waals surface area contributed by atoms with E-state index in [9.17, 15) is 18.5 Å². The third-order valence-corrected chi connectivity index (χ3v) is 4.26. The van der Waals surface area contributed by atoms with Gasteiger partial charge < -0.3 is 0 Å². The first-order valence-corrected chi connectivity index (χ1v) is 7.33. The average Bonchev–Trinajstić information content (AvgIpc) is 2.85. The molecule has 0 saturated carbocycles. The first kappa shape index (κ1) is 13.0. The van der Waals surface area contributed by atoms with Gasteiger partial charge in [0.15, 0.2) is 0 Å². The molecule has 8 nitrogen and oxygen atoms in total. The van der Waals surface area contributed by atoms with E-state index in [2.05, 4.69) is 5.10 Å². The molecule has 1 fully saturated rings. The number of hydrogen-bond acceptors (Lipinski definition) is 5. The summed E-state index contributed by atoms with van der Waals surface area (Å²) in [4.78, 5) is 10.0. The van der Waals surface area contributed by atoms with Gasteiger partial charge in [-0.3, -0.25) is 14.8 Å². The largest absolute Gasteiger partial charge is 0.306 e. The molecule has 9 heteroatoms. The highest BCUT2D eigenvalue weighted by Crippen LogP contribution is 2.21. The van der Waals surface area contributed by atoms with Crippen molar-refractivity contribution in [1.82, 2.24) is 14.1 Å². The van der Waals surface area contributed by atoms with Crippen LogP contribution in [-0.2, 0) is 16.6 Å². The highest BCUT2D eigenvalue weighted by Gasteiger charge is 2.29. The van der Waals surface area contributed by atoms with Crippen LogP contribution in [-0.4, -0.2) is 46.8 Å². The molecule has 0 aliphatic carbocycles. The predicted molar refractivity (Wildman–Crippen MR) is 63.4 cm³/mol. The lowest BCUT2D eigenvalue weighted by Crippen LogP contribution is -2.28. The second-order valence-corrected chi connectivity index (χ2v) is 6.44. The number of nitrogens with zero attached hydrogens (tertiary/aromatic N) is 4. The van der Waals surface area contributed by atoms with Crippen LogP contribution in [0.15, 0.2) is 12.4 Å². The molecule has 0 spiro atoms. The standard InChI is InChI=1S/C9H14N4O4S/c1-18(16,17)12-3-2-8(6-12)5-11-7-9(4-10-11)13(14)15/h4,7-8H,2-3,5-6H2,1H3. The normalized spacial score (nSPS) is 21.3. The van der Waals surface area contributed by atoms with Crippen LogP contribution in [0.1, 0.15) is 6.42 Å². The van der Waals surface area contributed by atoms with E-state index in [1.165, 1.54) is 27.6 Å². The van der Waals surface area contributed by atoms with Crippen LogP contribution in [0.4, 0.5) is 5.69 Å². The Hall–Kier alpha value is -1.48. The van der Waals surface area contributed by atoms with Crippen molar-refractivity contribution in [3.8, 4) is 0 Å². The maximum atomic E-state index is 11.3. The monoisotopic (exact) mass is 274 g/mol. The molecule has 1 aliphatic heterocycles. The van der Waals surface area contributed by atoms with Gasteiger partial charge in [-0.2, -0.15) is 5.10 Å². The summed E-state index contributed by atoms with van der Waals surface area (Å²) in [6.07, 6.45) is 4.50. The van der Waals surface area contributed by atoms with E-state index in [1.807, 2.05) is 0 Å². The molecular weight excluding hydrogens is 260 g/mol. The van der Waals surface area contributed by atoms with Crippen molar-refractivity contribution in [1.29, 1.82) is 0 Å². The minimum Gasteiger partial charge on any atom is -0.265 e. The quantitative estimate of drug-likeness (QED) is 0.571. The van der Waals surface area contributed by atoms with Gasteiger partial charge in [0.25, 0.3) is 0 Å². The molecular formula is C9H14N4O4S. The molecule has 1 saturated heterocycles. The van der Waals surface area contributed by atoms with Crippen molar-refractivity contribution in [2.75, 3.05) is 19.3 Å². The van der Waals surface area contributed by atoms with Gasteiger partial charge in [-0.1, -0.05) is 0 Å². The summed E-state index contributed by atoms with van der Waals surface area (Å²) in [6.45, 7) is 1.46.